The van der Waals surface area contributed by atoms with Gasteiger partial charge in [0.05, 0.1) is 16.0 Å². The second-order valence-electron chi connectivity index (χ2n) is 8.09. The van der Waals surface area contributed by atoms with E-state index >= 15 is 0 Å². The van der Waals surface area contributed by atoms with Crippen molar-refractivity contribution < 1.29 is 13.2 Å². The van der Waals surface area contributed by atoms with Gasteiger partial charge in [-0.05, 0) is 55.7 Å². The molecule has 0 saturated carbocycles. The van der Waals surface area contributed by atoms with E-state index in [9.17, 15) is 18.0 Å². The lowest BCUT2D eigenvalue weighted by atomic mass is 10.2. The summed E-state index contributed by atoms with van der Waals surface area (Å²) in [6.45, 7) is 2.77. The zero-order valence-corrected chi connectivity index (χ0v) is 19.6. The first-order valence-corrected chi connectivity index (χ1v) is 12.9. The third-order valence-corrected chi connectivity index (χ3v) is 8.72. The van der Waals surface area contributed by atoms with Crippen LogP contribution in [-0.2, 0) is 10.0 Å². The van der Waals surface area contributed by atoms with Crippen molar-refractivity contribution in [2.75, 3.05) is 18.4 Å². The Morgan fingerprint density at radius 3 is 2.67 bits per heavy atom. The molecule has 0 atom stereocenters. The number of amides is 1. The number of anilines is 1. The molecule has 0 spiro atoms. The average Bonchev–Trinajstić information content (AvgIpc) is 3.25. The number of hydrogen-bond donors (Lipinski definition) is 1. The van der Waals surface area contributed by atoms with Gasteiger partial charge in [-0.25, -0.2) is 13.4 Å². The number of fused-ring (bicyclic) bond motifs is 2. The molecule has 0 bridgehead atoms. The topological polar surface area (TPSA) is 101 Å². The molecule has 10 heteroatoms. The van der Waals surface area contributed by atoms with Gasteiger partial charge < -0.3 is 5.32 Å². The van der Waals surface area contributed by atoms with E-state index in [0.29, 0.717) is 29.0 Å². The van der Waals surface area contributed by atoms with E-state index in [1.807, 2.05) is 6.92 Å². The number of aromatic nitrogens is 2. The zero-order valence-electron chi connectivity index (χ0n) is 17.9. The highest BCUT2D eigenvalue weighted by Gasteiger charge is 2.29. The molecular formula is C23H22N4O4S2. The Balaban J connectivity index is 1.52. The molecule has 8 nitrogen and oxygen atoms in total. The van der Waals surface area contributed by atoms with Crippen LogP contribution in [0.5, 0.6) is 0 Å². The number of aryl methyl sites for hydroxylation is 1. The SMILES string of the molecule is Cc1ccc(NC(=O)c2cc3c(=O)n4ccccc4nc3s2)c(S(=O)(=O)N2CCCCC2)c1. The fraction of sp³-hybridized carbons (Fsp3) is 0.261. The smallest absolute Gasteiger partial charge is 0.266 e. The van der Waals surface area contributed by atoms with Gasteiger partial charge in [0.2, 0.25) is 10.0 Å². The van der Waals surface area contributed by atoms with Crippen LogP contribution in [0.1, 0.15) is 34.5 Å². The van der Waals surface area contributed by atoms with E-state index in [4.69, 9.17) is 0 Å². The molecule has 1 N–H and O–H groups in total. The zero-order chi connectivity index (χ0) is 23.2. The molecule has 1 aliphatic heterocycles. The van der Waals surface area contributed by atoms with E-state index < -0.39 is 15.9 Å². The van der Waals surface area contributed by atoms with Gasteiger partial charge in [0, 0.05) is 19.3 Å². The van der Waals surface area contributed by atoms with Gasteiger partial charge in [0.15, 0.2) is 0 Å². The molecule has 5 rings (SSSR count). The van der Waals surface area contributed by atoms with E-state index in [1.54, 1.807) is 42.6 Å². The molecule has 1 aromatic carbocycles. The van der Waals surface area contributed by atoms with Crippen LogP contribution in [0.2, 0.25) is 0 Å². The molecule has 1 fully saturated rings. The molecule has 4 heterocycles. The number of rotatable bonds is 4. The number of pyridine rings is 1. The van der Waals surface area contributed by atoms with Crippen LogP contribution >= 0.6 is 11.3 Å². The summed E-state index contributed by atoms with van der Waals surface area (Å²) in [5, 5.41) is 3.10. The van der Waals surface area contributed by atoms with E-state index in [1.165, 1.54) is 14.8 Å². The number of nitrogens with one attached hydrogen (secondary N) is 1. The maximum atomic E-state index is 13.3. The van der Waals surface area contributed by atoms with Gasteiger partial charge in [-0.1, -0.05) is 18.6 Å². The molecule has 0 radical (unpaired) electrons. The summed E-state index contributed by atoms with van der Waals surface area (Å²) in [5.41, 5.74) is 1.25. The van der Waals surface area contributed by atoms with E-state index in [0.717, 1.165) is 36.2 Å². The Labute approximate surface area is 194 Å². The van der Waals surface area contributed by atoms with Gasteiger partial charge in [-0.3, -0.25) is 14.0 Å². The van der Waals surface area contributed by atoms with Crippen LogP contribution < -0.4 is 10.9 Å². The number of sulfonamides is 1. The molecule has 0 aliphatic carbocycles. The summed E-state index contributed by atoms with van der Waals surface area (Å²) in [7, 11) is -3.74. The molecule has 4 aromatic rings. The van der Waals surface area contributed by atoms with Crippen molar-refractivity contribution in [2.24, 2.45) is 0 Å². The van der Waals surface area contributed by atoms with Crippen LogP contribution in [0.25, 0.3) is 15.9 Å². The first kappa shape index (κ1) is 21.7. The molecule has 1 amide bonds. The van der Waals surface area contributed by atoms with Crippen molar-refractivity contribution >= 4 is 48.8 Å². The van der Waals surface area contributed by atoms with E-state index in [2.05, 4.69) is 10.3 Å². The fourth-order valence-corrected chi connectivity index (χ4v) is 6.71. The minimum atomic E-state index is -3.74. The summed E-state index contributed by atoms with van der Waals surface area (Å²) in [5.74, 6) is -0.481. The number of benzene rings is 1. The van der Waals surface area contributed by atoms with Crippen molar-refractivity contribution in [3.8, 4) is 0 Å². The Morgan fingerprint density at radius 1 is 1.09 bits per heavy atom. The second kappa shape index (κ2) is 8.36. The third kappa shape index (κ3) is 3.94. The van der Waals surface area contributed by atoms with Gasteiger partial charge in [-0.15, -0.1) is 11.3 Å². The van der Waals surface area contributed by atoms with Crippen LogP contribution in [0.15, 0.2) is 58.4 Å². The number of piperidine rings is 1. The predicted octanol–water partition coefficient (Wildman–Crippen LogP) is 3.64. The lowest BCUT2D eigenvalue weighted by Crippen LogP contribution is -2.36. The fourth-order valence-electron chi connectivity index (χ4n) is 4.03. The lowest BCUT2D eigenvalue weighted by molar-refractivity contribution is 0.103. The van der Waals surface area contributed by atoms with E-state index in [-0.39, 0.29) is 21.0 Å². The maximum Gasteiger partial charge on any atom is 0.266 e. The molecule has 1 aliphatic rings. The molecule has 1 saturated heterocycles. The van der Waals surface area contributed by atoms with Gasteiger partial charge in [-0.2, -0.15) is 4.31 Å². The van der Waals surface area contributed by atoms with Crippen molar-refractivity contribution in [3.05, 3.63) is 69.5 Å². The monoisotopic (exact) mass is 482 g/mol. The Kier molecular flexibility index (Phi) is 5.51. The normalized spacial score (nSPS) is 15.2. The summed E-state index contributed by atoms with van der Waals surface area (Å²) >= 11 is 1.10. The van der Waals surface area contributed by atoms with Crippen LogP contribution in [0, 0.1) is 6.92 Å². The number of hydrogen-bond acceptors (Lipinski definition) is 6. The highest BCUT2D eigenvalue weighted by atomic mass is 32.2. The number of carbonyl (C=O) groups excluding carboxylic acids is 1. The molecule has 3 aromatic heterocycles. The highest BCUT2D eigenvalue weighted by molar-refractivity contribution is 7.89. The van der Waals surface area contributed by atoms with Crippen molar-refractivity contribution in [2.45, 2.75) is 31.1 Å². The van der Waals surface area contributed by atoms with Gasteiger partial charge >= 0.3 is 0 Å². The van der Waals surface area contributed by atoms with Crippen LogP contribution in [0.3, 0.4) is 0 Å². The molecule has 0 unspecified atom stereocenters. The standard InChI is InChI=1S/C23H22N4O4S2/c1-15-8-9-17(19(13-15)33(30,31)26-10-4-2-5-11-26)24-21(28)18-14-16-22(32-18)25-20-7-3-6-12-27(20)23(16)29/h3,6-9,12-14H,2,4-5,10-11H2,1H3,(H,24,28). The largest absolute Gasteiger partial charge is 0.320 e. The number of carbonyl (C=O) groups is 1. The minimum absolute atomic E-state index is 0.0859. The van der Waals surface area contributed by atoms with Gasteiger partial charge in [0.1, 0.15) is 15.4 Å². The molecular weight excluding hydrogens is 460 g/mol. The number of thiophene rings is 1. The molecule has 170 valence electrons. The Hall–Kier alpha value is -3.08. The van der Waals surface area contributed by atoms with Crippen molar-refractivity contribution in [1.29, 1.82) is 0 Å². The van der Waals surface area contributed by atoms with Crippen LogP contribution in [0.4, 0.5) is 5.69 Å². The minimum Gasteiger partial charge on any atom is -0.320 e. The average molecular weight is 483 g/mol. The quantitative estimate of drug-likeness (QED) is 0.479. The first-order valence-electron chi connectivity index (χ1n) is 10.7. The summed E-state index contributed by atoms with van der Waals surface area (Å²) in [6, 6.07) is 11.7. The third-order valence-electron chi connectivity index (χ3n) is 5.76. The first-order chi connectivity index (χ1) is 15.8. The predicted molar refractivity (Wildman–Crippen MR) is 129 cm³/mol. The van der Waals surface area contributed by atoms with Crippen molar-refractivity contribution in [1.82, 2.24) is 13.7 Å². The lowest BCUT2D eigenvalue weighted by Gasteiger charge is -2.27. The van der Waals surface area contributed by atoms with Gasteiger partial charge in [0.25, 0.3) is 11.5 Å². The highest BCUT2D eigenvalue weighted by Crippen LogP contribution is 2.29. The van der Waals surface area contributed by atoms with Crippen molar-refractivity contribution in [3.63, 3.8) is 0 Å². The maximum absolute atomic E-state index is 13.3. The second-order valence-corrected chi connectivity index (χ2v) is 11.0. The Morgan fingerprint density at radius 2 is 1.88 bits per heavy atom. The Bertz CT molecular complexity index is 1550. The summed E-state index contributed by atoms with van der Waals surface area (Å²) in [4.78, 5) is 31.2. The number of nitrogens with zero attached hydrogens (tertiary/aromatic N) is 3. The summed E-state index contributed by atoms with van der Waals surface area (Å²) in [6.07, 6.45) is 4.29. The summed E-state index contributed by atoms with van der Waals surface area (Å²) < 4.78 is 29.6. The molecule has 33 heavy (non-hydrogen) atoms. The van der Waals surface area contributed by atoms with Crippen LogP contribution in [-0.4, -0.2) is 41.1 Å².